The molecule has 7 heteroatoms. The molecule has 4 rings (SSSR count). The topological polar surface area (TPSA) is 18.5 Å². The molecule has 0 spiro atoms. The Labute approximate surface area is 283 Å². The van der Waals surface area contributed by atoms with Crippen molar-refractivity contribution in [1.29, 1.82) is 0 Å². The Morgan fingerprint density at radius 3 is 1.22 bits per heavy atom. The zero-order chi connectivity index (χ0) is 28.2. The first-order chi connectivity index (χ1) is 17.7. The smallest absolute Gasteiger partial charge is 1.00 e. The Kier molecular flexibility index (Phi) is 15.9. The predicted octanol–water partition coefficient (Wildman–Crippen LogP) is 5.45. The number of halogens is 2. The van der Waals surface area contributed by atoms with Crippen LogP contribution in [0.5, 0.6) is 11.5 Å². The van der Waals surface area contributed by atoms with E-state index in [0.29, 0.717) is 10.1 Å². The Bertz CT molecular complexity index is 1160. The van der Waals surface area contributed by atoms with Crippen LogP contribution in [-0.4, -0.2) is 16.6 Å². The first-order valence-electron chi connectivity index (χ1n) is 14.4. The summed E-state index contributed by atoms with van der Waals surface area (Å²) in [5.74, 6) is 2.09. The van der Waals surface area contributed by atoms with Gasteiger partial charge < -0.3 is 33.7 Å². The molecule has 0 fully saturated rings. The molecule has 0 radical (unpaired) electrons. The van der Waals surface area contributed by atoms with Crippen LogP contribution in [0.25, 0.3) is 21.5 Å². The van der Waals surface area contributed by atoms with E-state index in [1.165, 1.54) is 47.2 Å². The van der Waals surface area contributed by atoms with Crippen molar-refractivity contribution in [2.45, 2.75) is 103 Å². The summed E-state index contributed by atoms with van der Waals surface area (Å²) in [5.41, 5.74) is 0. The van der Waals surface area contributed by atoms with Crippen molar-refractivity contribution in [3.63, 3.8) is 0 Å². The van der Waals surface area contributed by atoms with E-state index in [9.17, 15) is 0 Å². The van der Waals surface area contributed by atoms with Gasteiger partial charge >= 0.3 is 25.8 Å². The third-order valence-corrected chi connectivity index (χ3v) is 17.5. The molecule has 0 amide bonds. The molecular weight excluding hydrogens is 746 g/mol. The van der Waals surface area contributed by atoms with Gasteiger partial charge in [0.25, 0.3) is 0 Å². The number of benzene rings is 2. The minimum absolute atomic E-state index is 0. The van der Waals surface area contributed by atoms with Crippen LogP contribution in [0.3, 0.4) is 0 Å². The molecule has 4 aromatic rings. The molecule has 0 saturated carbocycles. The predicted molar refractivity (Wildman–Crippen MR) is 173 cm³/mol. The van der Waals surface area contributed by atoms with Gasteiger partial charge in [0, 0.05) is 11.5 Å². The Morgan fingerprint density at radius 1 is 0.610 bits per heavy atom. The summed E-state index contributed by atoms with van der Waals surface area (Å²) in [7, 11) is -3.51. The van der Waals surface area contributed by atoms with Gasteiger partial charge in [-0.05, 0) is 49.1 Å². The van der Waals surface area contributed by atoms with E-state index in [2.05, 4.69) is 141 Å². The fourth-order valence-electron chi connectivity index (χ4n) is 5.08. The molecule has 0 aromatic heterocycles. The van der Waals surface area contributed by atoms with Crippen LogP contribution in [0, 0.1) is 0 Å². The summed E-state index contributed by atoms with van der Waals surface area (Å²) < 4.78 is 12.9. The van der Waals surface area contributed by atoms with Crippen molar-refractivity contribution in [2.24, 2.45) is 0 Å². The fourth-order valence-corrected chi connectivity index (χ4v) is 8.75. The average Bonchev–Trinajstić information content (AvgIpc) is 3.41. The SMILES string of the molecule is CCCC(C)(C)[Si](C)(C)Oc1cc2ccccc2[cH-]1.CCCC(C)(C)[Si](C)(C)Oc1cc2ccccc2[cH-]1.[Cl-].[Cl-].[Hf+4]. The molecule has 224 valence electrons. The number of fused-ring (bicyclic) bond motifs is 2. The van der Waals surface area contributed by atoms with E-state index in [0.717, 1.165) is 11.5 Å². The van der Waals surface area contributed by atoms with Crippen LogP contribution in [0.1, 0.15) is 67.2 Å². The van der Waals surface area contributed by atoms with Crippen LogP contribution < -0.4 is 33.7 Å². The second-order valence-corrected chi connectivity index (χ2v) is 22.3. The molecular formula is C34H50Cl2HfO2Si2. The Balaban J connectivity index is 0.000000727. The third-order valence-electron chi connectivity index (χ3n) is 8.94. The van der Waals surface area contributed by atoms with Crippen LogP contribution in [0.15, 0.2) is 72.8 Å². The van der Waals surface area contributed by atoms with Crippen molar-refractivity contribution >= 4 is 38.2 Å². The first kappa shape index (κ1) is 40.1. The third kappa shape index (κ3) is 10.1. The van der Waals surface area contributed by atoms with Gasteiger partial charge in [-0.2, -0.15) is 0 Å². The Hall–Kier alpha value is -0.856. The number of hydrogen-bond acceptors (Lipinski definition) is 2. The van der Waals surface area contributed by atoms with E-state index >= 15 is 0 Å². The fraction of sp³-hybridized carbons (Fsp3) is 0.471. The number of hydrogen-bond donors (Lipinski definition) is 0. The van der Waals surface area contributed by atoms with Gasteiger partial charge in [-0.15, -0.1) is 82.2 Å². The van der Waals surface area contributed by atoms with Gasteiger partial charge in [-0.25, -0.2) is 0 Å². The summed E-state index contributed by atoms with van der Waals surface area (Å²) in [6, 6.07) is 25.6. The molecule has 0 bridgehead atoms. The molecule has 4 aromatic carbocycles. The van der Waals surface area contributed by atoms with E-state index in [1.54, 1.807) is 0 Å². The second-order valence-electron chi connectivity index (χ2n) is 13.1. The quantitative estimate of drug-likeness (QED) is 0.157. The Morgan fingerprint density at radius 2 is 0.927 bits per heavy atom. The van der Waals surface area contributed by atoms with Crippen molar-refractivity contribution in [2.75, 3.05) is 0 Å². The maximum atomic E-state index is 6.44. The molecule has 41 heavy (non-hydrogen) atoms. The van der Waals surface area contributed by atoms with E-state index in [-0.39, 0.29) is 50.7 Å². The molecule has 0 aliphatic rings. The van der Waals surface area contributed by atoms with Crippen molar-refractivity contribution in [3.8, 4) is 11.5 Å². The van der Waals surface area contributed by atoms with Crippen LogP contribution in [0.2, 0.25) is 36.3 Å². The zero-order valence-electron chi connectivity index (χ0n) is 26.8. The second kappa shape index (κ2) is 16.3. The molecule has 0 N–H and O–H groups in total. The molecule has 0 aliphatic heterocycles. The van der Waals surface area contributed by atoms with Crippen molar-refractivity contribution < 1.29 is 59.5 Å². The normalized spacial score (nSPS) is 12.0. The summed E-state index contributed by atoms with van der Waals surface area (Å²) in [4.78, 5) is 0. The summed E-state index contributed by atoms with van der Waals surface area (Å²) in [6.07, 6.45) is 4.89. The molecule has 0 saturated heterocycles. The van der Waals surface area contributed by atoms with Gasteiger partial charge in [-0.1, -0.05) is 66.5 Å². The van der Waals surface area contributed by atoms with E-state index < -0.39 is 16.6 Å². The largest absolute Gasteiger partial charge is 4.00 e. The van der Waals surface area contributed by atoms with E-state index in [1.807, 2.05) is 0 Å². The van der Waals surface area contributed by atoms with Gasteiger partial charge in [-0.3, -0.25) is 0 Å². The number of rotatable bonds is 10. The van der Waals surface area contributed by atoms with Crippen molar-refractivity contribution in [3.05, 3.63) is 72.8 Å². The standard InChI is InChI=1S/2C17H25OSi.2ClH.Hf/c2*1-6-11-17(2,3)19(4,5)18-16-12-14-9-7-8-10-15(14)13-16;;;/h2*7-10,12-13H,6,11H2,1-5H3;2*1H;/q2*-1;;;+4/p-2. The summed E-state index contributed by atoms with van der Waals surface area (Å²) in [6.45, 7) is 23.3. The average molecular weight is 796 g/mol. The van der Waals surface area contributed by atoms with Gasteiger partial charge in [0.15, 0.2) is 0 Å². The maximum absolute atomic E-state index is 6.44. The van der Waals surface area contributed by atoms with Gasteiger partial charge in [0.05, 0.1) is 0 Å². The first-order valence-corrected chi connectivity index (χ1v) is 20.2. The summed E-state index contributed by atoms with van der Waals surface area (Å²) in [5, 5.41) is 5.69. The molecule has 0 heterocycles. The minimum atomic E-state index is -1.76. The van der Waals surface area contributed by atoms with Crippen LogP contribution in [0.4, 0.5) is 0 Å². The molecule has 0 aliphatic carbocycles. The summed E-state index contributed by atoms with van der Waals surface area (Å²) >= 11 is 0. The van der Waals surface area contributed by atoms with Crippen LogP contribution in [-0.2, 0) is 25.8 Å². The molecule has 2 nitrogen and oxygen atoms in total. The van der Waals surface area contributed by atoms with Gasteiger partial charge in [0.1, 0.15) is 0 Å². The minimum Gasteiger partial charge on any atom is -1.00 e. The zero-order valence-corrected chi connectivity index (χ0v) is 33.9. The van der Waals surface area contributed by atoms with Crippen molar-refractivity contribution in [1.82, 2.24) is 0 Å². The maximum Gasteiger partial charge on any atom is 4.00 e. The monoisotopic (exact) mass is 796 g/mol. The molecule has 0 atom stereocenters. The van der Waals surface area contributed by atoms with E-state index in [4.69, 9.17) is 8.85 Å². The van der Waals surface area contributed by atoms with Gasteiger partial charge in [0.2, 0.25) is 16.6 Å². The molecule has 0 unspecified atom stereocenters. The van der Waals surface area contributed by atoms with Crippen LogP contribution >= 0.6 is 0 Å².